The van der Waals surface area contributed by atoms with E-state index in [2.05, 4.69) is 10.3 Å². The number of nitrogens with zero attached hydrogens (tertiary/aromatic N) is 1. The molecule has 0 saturated carbocycles. The summed E-state index contributed by atoms with van der Waals surface area (Å²) in [5, 5.41) is 3.58. The highest BCUT2D eigenvalue weighted by atomic mass is 35.5. The number of carbonyl (C=O) groups excluding carboxylic acids is 1. The van der Waals surface area contributed by atoms with E-state index in [0.717, 1.165) is 5.69 Å². The standard InChI is InChI=1S/C23H16ClFN2O2S/c24-18-10-6-11-19(25)17(18)14-29-20-12-5-4-7-15(20)13-21-22(28)27-23(30-21)26-16-8-2-1-3-9-16/h1-13H,14H2,(H,26,27,28)/b21-13+. The van der Waals surface area contributed by atoms with Crippen molar-refractivity contribution in [1.82, 2.24) is 5.32 Å². The van der Waals surface area contributed by atoms with Crippen molar-refractivity contribution < 1.29 is 13.9 Å². The van der Waals surface area contributed by atoms with E-state index in [-0.39, 0.29) is 18.1 Å². The van der Waals surface area contributed by atoms with Gasteiger partial charge < -0.3 is 10.1 Å². The summed E-state index contributed by atoms with van der Waals surface area (Å²) >= 11 is 7.32. The number of ether oxygens (including phenoxy) is 1. The summed E-state index contributed by atoms with van der Waals surface area (Å²) in [4.78, 5) is 17.3. The van der Waals surface area contributed by atoms with E-state index in [9.17, 15) is 9.18 Å². The van der Waals surface area contributed by atoms with E-state index in [1.54, 1.807) is 24.3 Å². The van der Waals surface area contributed by atoms with Gasteiger partial charge in [-0.3, -0.25) is 4.79 Å². The Balaban J connectivity index is 1.54. The molecule has 4 rings (SSSR count). The molecule has 1 aliphatic rings. The zero-order valence-electron chi connectivity index (χ0n) is 15.6. The fourth-order valence-electron chi connectivity index (χ4n) is 2.79. The molecule has 0 unspecified atom stereocenters. The predicted molar refractivity (Wildman–Crippen MR) is 119 cm³/mol. The van der Waals surface area contributed by atoms with E-state index in [1.165, 1.54) is 17.8 Å². The molecule has 3 aromatic carbocycles. The predicted octanol–water partition coefficient (Wildman–Crippen LogP) is 5.95. The molecule has 1 saturated heterocycles. The summed E-state index contributed by atoms with van der Waals surface area (Å²) in [5.41, 5.74) is 1.74. The Labute approximate surface area is 182 Å². The van der Waals surface area contributed by atoms with Gasteiger partial charge in [0.25, 0.3) is 5.91 Å². The van der Waals surface area contributed by atoms with Crippen molar-refractivity contribution in [2.24, 2.45) is 4.99 Å². The van der Waals surface area contributed by atoms with Crippen LogP contribution >= 0.6 is 23.4 Å². The fraction of sp³-hybridized carbons (Fsp3) is 0.0435. The van der Waals surface area contributed by atoms with Crippen molar-refractivity contribution in [3.05, 3.63) is 99.7 Å². The van der Waals surface area contributed by atoms with Crippen LogP contribution in [0.5, 0.6) is 5.75 Å². The summed E-state index contributed by atoms with van der Waals surface area (Å²) in [6, 6.07) is 21.1. The normalized spacial score (nSPS) is 16.1. The van der Waals surface area contributed by atoms with Gasteiger partial charge in [-0.2, -0.15) is 0 Å². The molecule has 1 heterocycles. The maximum absolute atomic E-state index is 14.0. The van der Waals surface area contributed by atoms with Crippen LogP contribution < -0.4 is 10.1 Å². The number of rotatable bonds is 5. The molecule has 1 aliphatic heterocycles. The van der Waals surface area contributed by atoms with Gasteiger partial charge in [0.15, 0.2) is 5.17 Å². The average molecular weight is 439 g/mol. The SMILES string of the molecule is O=C1NC(=Nc2ccccc2)S/C1=C/c1ccccc1OCc1c(F)cccc1Cl. The Morgan fingerprint density at radius 1 is 1.03 bits per heavy atom. The van der Waals surface area contributed by atoms with Gasteiger partial charge in [0.1, 0.15) is 18.2 Å². The van der Waals surface area contributed by atoms with Gasteiger partial charge in [0.2, 0.25) is 0 Å². The number of hydrogen-bond acceptors (Lipinski definition) is 4. The number of nitrogens with one attached hydrogen (secondary N) is 1. The van der Waals surface area contributed by atoms with Crippen molar-refractivity contribution in [3.63, 3.8) is 0 Å². The second-order valence-corrected chi connectivity index (χ2v) is 7.78. The van der Waals surface area contributed by atoms with Crippen LogP contribution in [-0.4, -0.2) is 11.1 Å². The number of aliphatic imine (C=N–C) groups is 1. The number of thioether (sulfide) groups is 1. The molecule has 0 spiro atoms. The van der Waals surface area contributed by atoms with Crippen LogP contribution in [0.15, 0.2) is 82.7 Å². The van der Waals surface area contributed by atoms with Gasteiger partial charge in [-0.05, 0) is 48.2 Å². The van der Waals surface area contributed by atoms with E-state index in [4.69, 9.17) is 16.3 Å². The van der Waals surface area contributed by atoms with Crippen molar-refractivity contribution in [3.8, 4) is 5.75 Å². The van der Waals surface area contributed by atoms with Crippen LogP contribution in [0, 0.1) is 5.82 Å². The smallest absolute Gasteiger partial charge is 0.264 e. The third kappa shape index (κ3) is 4.72. The zero-order valence-corrected chi connectivity index (χ0v) is 17.2. The molecular weight excluding hydrogens is 423 g/mol. The molecule has 0 radical (unpaired) electrons. The number of hydrogen-bond donors (Lipinski definition) is 1. The number of para-hydroxylation sites is 2. The van der Waals surface area contributed by atoms with Crippen LogP contribution in [0.2, 0.25) is 5.02 Å². The molecule has 3 aromatic rings. The summed E-state index contributed by atoms with van der Waals surface area (Å²) < 4.78 is 19.8. The Morgan fingerprint density at radius 2 is 1.80 bits per heavy atom. The average Bonchev–Trinajstić information content (AvgIpc) is 3.08. The lowest BCUT2D eigenvalue weighted by Gasteiger charge is -2.11. The second-order valence-electron chi connectivity index (χ2n) is 6.34. The summed E-state index contributed by atoms with van der Waals surface area (Å²) in [7, 11) is 0. The zero-order chi connectivity index (χ0) is 20.9. The lowest BCUT2D eigenvalue weighted by Crippen LogP contribution is -2.19. The van der Waals surface area contributed by atoms with E-state index >= 15 is 0 Å². The summed E-state index contributed by atoms with van der Waals surface area (Å²) in [6.07, 6.45) is 1.73. The van der Waals surface area contributed by atoms with Gasteiger partial charge in [0, 0.05) is 11.1 Å². The Morgan fingerprint density at radius 3 is 2.60 bits per heavy atom. The van der Waals surface area contributed by atoms with Gasteiger partial charge in [-0.1, -0.05) is 54.1 Å². The quantitative estimate of drug-likeness (QED) is 0.501. The Hall–Kier alpha value is -3.09. The number of amidine groups is 1. The largest absolute Gasteiger partial charge is 0.488 e. The topological polar surface area (TPSA) is 50.7 Å². The highest BCUT2D eigenvalue weighted by Gasteiger charge is 2.24. The van der Waals surface area contributed by atoms with E-state index in [0.29, 0.717) is 26.4 Å². The molecule has 0 bridgehead atoms. The third-order valence-corrected chi connectivity index (χ3v) is 5.54. The lowest BCUT2D eigenvalue weighted by molar-refractivity contribution is -0.115. The molecule has 1 amide bonds. The van der Waals surface area contributed by atoms with Crippen LogP contribution in [0.1, 0.15) is 11.1 Å². The van der Waals surface area contributed by atoms with Gasteiger partial charge in [-0.25, -0.2) is 9.38 Å². The molecular formula is C23H16ClFN2O2S. The molecule has 150 valence electrons. The third-order valence-electron chi connectivity index (χ3n) is 4.28. The fourth-order valence-corrected chi connectivity index (χ4v) is 3.84. The van der Waals surface area contributed by atoms with Crippen LogP contribution in [-0.2, 0) is 11.4 Å². The first-order chi connectivity index (χ1) is 14.6. The van der Waals surface area contributed by atoms with E-state index in [1.807, 2.05) is 48.5 Å². The molecule has 1 fully saturated rings. The van der Waals surface area contributed by atoms with Crippen LogP contribution in [0.25, 0.3) is 6.08 Å². The second kappa shape index (κ2) is 9.15. The monoisotopic (exact) mass is 438 g/mol. The minimum absolute atomic E-state index is 0.0221. The van der Waals surface area contributed by atoms with Crippen molar-refractivity contribution in [2.45, 2.75) is 6.61 Å². The number of amides is 1. The first kappa shape index (κ1) is 20.2. The minimum Gasteiger partial charge on any atom is -0.488 e. The molecule has 0 aliphatic carbocycles. The maximum Gasteiger partial charge on any atom is 0.264 e. The molecule has 7 heteroatoms. The molecule has 1 N–H and O–H groups in total. The minimum atomic E-state index is -0.425. The van der Waals surface area contributed by atoms with Crippen LogP contribution in [0.4, 0.5) is 10.1 Å². The Bertz CT molecular complexity index is 1130. The summed E-state index contributed by atoms with van der Waals surface area (Å²) in [6.45, 7) is -0.0221. The molecule has 4 nitrogen and oxygen atoms in total. The van der Waals surface area contributed by atoms with Crippen molar-refractivity contribution in [1.29, 1.82) is 0 Å². The molecule has 30 heavy (non-hydrogen) atoms. The van der Waals surface area contributed by atoms with Crippen molar-refractivity contribution in [2.75, 3.05) is 0 Å². The number of benzene rings is 3. The van der Waals surface area contributed by atoms with Gasteiger partial charge in [-0.15, -0.1) is 0 Å². The van der Waals surface area contributed by atoms with Crippen molar-refractivity contribution >= 4 is 46.2 Å². The van der Waals surface area contributed by atoms with Crippen LogP contribution in [0.3, 0.4) is 0 Å². The first-order valence-corrected chi connectivity index (χ1v) is 10.3. The molecule has 0 atom stereocenters. The Kier molecular flexibility index (Phi) is 6.16. The summed E-state index contributed by atoms with van der Waals surface area (Å²) in [5.74, 6) is -0.140. The first-order valence-electron chi connectivity index (χ1n) is 9.09. The maximum atomic E-state index is 14.0. The van der Waals surface area contributed by atoms with Gasteiger partial charge in [0.05, 0.1) is 15.6 Å². The number of carbonyl (C=O) groups is 1. The molecule has 0 aromatic heterocycles. The highest BCUT2D eigenvalue weighted by Crippen LogP contribution is 2.31. The van der Waals surface area contributed by atoms with Gasteiger partial charge >= 0.3 is 0 Å². The highest BCUT2D eigenvalue weighted by molar-refractivity contribution is 8.18. The number of halogens is 2. The van der Waals surface area contributed by atoms with E-state index < -0.39 is 5.82 Å². The lowest BCUT2D eigenvalue weighted by atomic mass is 10.1.